The van der Waals surface area contributed by atoms with Crippen molar-refractivity contribution in [2.24, 2.45) is 0 Å². The molecule has 0 aromatic heterocycles. The molecule has 0 radical (unpaired) electrons. The minimum absolute atomic E-state index is 0.142. The molecule has 2 N–H and O–H groups in total. The molecular weight excluding hydrogens is 180 g/mol. The van der Waals surface area contributed by atoms with Gasteiger partial charge >= 0.3 is 0 Å². The number of aliphatic hydroxyl groups is 2. The summed E-state index contributed by atoms with van der Waals surface area (Å²) in [6.45, 7) is 5.26. The second kappa shape index (κ2) is 4.91. The molecule has 1 saturated heterocycles. The predicted octanol–water partition coefficient (Wildman–Crippen LogP) is 1.24. The van der Waals surface area contributed by atoms with Gasteiger partial charge < -0.3 is 14.9 Å². The standard InChI is InChI=1S/C11H20O3/c1-3-5-10-6-4-7-11(13,8-12)9(2)14-10/h3,9-10,12-13H,1,4-8H2,2H3/t9-,10+,11-/m1/s1. The van der Waals surface area contributed by atoms with Crippen molar-refractivity contribution in [2.45, 2.75) is 50.4 Å². The molecule has 1 fully saturated rings. The van der Waals surface area contributed by atoms with E-state index in [4.69, 9.17) is 9.84 Å². The first-order valence-electron chi connectivity index (χ1n) is 5.22. The summed E-state index contributed by atoms with van der Waals surface area (Å²) in [5.74, 6) is 0. The zero-order chi connectivity index (χ0) is 10.6. The first-order chi connectivity index (χ1) is 6.62. The third kappa shape index (κ3) is 2.56. The van der Waals surface area contributed by atoms with Gasteiger partial charge in [-0.15, -0.1) is 6.58 Å². The summed E-state index contributed by atoms with van der Waals surface area (Å²) < 4.78 is 5.68. The third-order valence-corrected chi connectivity index (χ3v) is 2.99. The van der Waals surface area contributed by atoms with Gasteiger partial charge in [-0.2, -0.15) is 0 Å². The molecule has 3 heteroatoms. The smallest absolute Gasteiger partial charge is 0.113 e. The van der Waals surface area contributed by atoms with E-state index in [1.165, 1.54) is 0 Å². The number of hydrogen-bond acceptors (Lipinski definition) is 3. The van der Waals surface area contributed by atoms with Crippen LogP contribution in [0, 0.1) is 0 Å². The highest BCUT2D eigenvalue weighted by atomic mass is 16.5. The topological polar surface area (TPSA) is 49.7 Å². The maximum Gasteiger partial charge on any atom is 0.113 e. The average molecular weight is 200 g/mol. The fourth-order valence-electron chi connectivity index (χ4n) is 1.89. The van der Waals surface area contributed by atoms with E-state index in [1.807, 2.05) is 13.0 Å². The maximum atomic E-state index is 10.0. The molecule has 1 heterocycles. The number of hydrogen-bond donors (Lipinski definition) is 2. The van der Waals surface area contributed by atoms with Crippen molar-refractivity contribution in [3.8, 4) is 0 Å². The minimum Gasteiger partial charge on any atom is -0.393 e. The van der Waals surface area contributed by atoms with Crippen LogP contribution in [0.25, 0.3) is 0 Å². The highest BCUT2D eigenvalue weighted by Gasteiger charge is 2.37. The van der Waals surface area contributed by atoms with E-state index >= 15 is 0 Å². The van der Waals surface area contributed by atoms with Crippen molar-refractivity contribution in [2.75, 3.05) is 6.61 Å². The van der Waals surface area contributed by atoms with Crippen LogP contribution in [0.2, 0.25) is 0 Å². The van der Waals surface area contributed by atoms with Crippen molar-refractivity contribution in [1.29, 1.82) is 0 Å². The Labute approximate surface area is 85.4 Å². The summed E-state index contributed by atoms with van der Waals surface area (Å²) in [6, 6.07) is 0. The Morgan fingerprint density at radius 1 is 1.64 bits per heavy atom. The van der Waals surface area contributed by atoms with Crippen molar-refractivity contribution in [3.05, 3.63) is 12.7 Å². The second-order valence-corrected chi connectivity index (χ2v) is 4.08. The average Bonchev–Trinajstić information content (AvgIpc) is 2.29. The van der Waals surface area contributed by atoms with Crippen molar-refractivity contribution in [3.63, 3.8) is 0 Å². The van der Waals surface area contributed by atoms with Crippen LogP contribution in [0.4, 0.5) is 0 Å². The Bertz CT molecular complexity index is 193. The van der Waals surface area contributed by atoms with Gasteiger partial charge in [0, 0.05) is 0 Å². The predicted molar refractivity (Wildman–Crippen MR) is 55.0 cm³/mol. The summed E-state index contributed by atoms with van der Waals surface area (Å²) in [5, 5.41) is 19.1. The highest BCUT2D eigenvalue weighted by Crippen LogP contribution is 2.28. The Morgan fingerprint density at radius 2 is 2.36 bits per heavy atom. The van der Waals surface area contributed by atoms with Gasteiger partial charge in [-0.1, -0.05) is 6.08 Å². The normalized spacial score (nSPS) is 39.1. The zero-order valence-corrected chi connectivity index (χ0v) is 8.78. The Kier molecular flexibility index (Phi) is 4.11. The molecule has 14 heavy (non-hydrogen) atoms. The van der Waals surface area contributed by atoms with Gasteiger partial charge in [0.1, 0.15) is 5.60 Å². The van der Waals surface area contributed by atoms with Gasteiger partial charge in [-0.05, 0) is 32.6 Å². The molecule has 0 aliphatic carbocycles. The van der Waals surface area contributed by atoms with E-state index in [9.17, 15) is 5.11 Å². The monoisotopic (exact) mass is 200 g/mol. The van der Waals surface area contributed by atoms with E-state index in [-0.39, 0.29) is 18.8 Å². The minimum atomic E-state index is -1.06. The quantitative estimate of drug-likeness (QED) is 0.674. The molecule has 0 unspecified atom stereocenters. The number of aliphatic hydroxyl groups excluding tert-OH is 1. The van der Waals surface area contributed by atoms with E-state index in [1.54, 1.807) is 0 Å². The van der Waals surface area contributed by atoms with Gasteiger partial charge in [0.25, 0.3) is 0 Å². The van der Waals surface area contributed by atoms with Gasteiger partial charge in [0.2, 0.25) is 0 Å². The highest BCUT2D eigenvalue weighted by molar-refractivity contribution is 4.89. The van der Waals surface area contributed by atoms with Crippen LogP contribution in [-0.2, 0) is 4.74 Å². The lowest BCUT2D eigenvalue weighted by atomic mass is 9.93. The van der Waals surface area contributed by atoms with E-state index in [0.29, 0.717) is 6.42 Å². The summed E-state index contributed by atoms with van der Waals surface area (Å²) in [7, 11) is 0. The molecule has 0 saturated carbocycles. The van der Waals surface area contributed by atoms with Crippen LogP contribution < -0.4 is 0 Å². The van der Waals surface area contributed by atoms with Gasteiger partial charge in [-0.3, -0.25) is 0 Å². The Hall–Kier alpha value is -0.380. The van der Waals surface area contributed by atoms with Gasteiger partial charge in [0.15, 0.2) is 0 Å². The summed E-state index contributed by atoms with van der Waals surface area (Å²) in [5.41, 5.74) is -1.06. The molecule has 3 atom stereocenters. The molecule has 0 amide bonds. The van der Waals surface area contributed by atoms with E-state index in [2.05, 4.69) is 6.58 Å². The van der Waals surface area contributed by atoms with E-state index in [0.717, 1.165) is 19.3 Å². The lowest BCUT2D eigenvalue weighted by Crippen LogP contribution is -2.45. The van der Waals surface area contributed by atoms with Gasteiger partial charge in [0.05, 0.1) is 18.8 Å². The summed E-state index contributed by atoms with van der Waals surface area (Å²) in [6.07, 6.45) is 4.91. The summed E-state index contributed by atoms with van der Waals surface area (Å²) >= 11 is 0. The first-order valence-corrected chi connectivity index (χ1v) is 5.22. The number of rotatable bonds is 3. The van der Waals surface area contributed by atoms with Crippen molar-refractivity contribution < 1.29 is 14.9 Å². The fraction of sp³-hybridized carbons (Fsp3) is 0.818. The van der Waals surface area contributed by atoms with Crippen LogP contribution in [-0.4, -0.2) is 34.6 Å². The SMILES string of the molecule is C=CC[C@H]1CCC[C@@](O)(CO)[C@@H](C)O1. The lowest BCUT2D eigenvalue weighted by Gasteiger charge is -2.31. The van der Waals surface area contributed by atoms with Crippen molar-refractivity contribution >= 4 is 0 Å². The molecule has 0 aromatic carbocycles. The van der Waals surface area contributed by atoms with Crippen LogP contribution in [0.3, 0.4) is 0 Å². The van der Waals surface area contributed by atoms with Crippen LogP contribution in [0.5, 0.6) is 0 Å². The van der Waals surface area contributed by atoms with Crippen LogP contribution >= 0.6 is 0 Å². The molecule has 1 rings (SSSR count). The first kappa shape index (κ1) is 11.7. The molecule has 0 aromatic rings. The Morgan fingerprint density at radius 3 is 2.93 bits per heavy atom. The molecule has 1 aliphatic rings. The van der Waals surface area contributed by atoms with E-state index < -0.39 is 5.60 Å². The van der Waals surface area contributed by atoms with Gasteiger partial charge in [-0.25, -0.2) is 0 Å². The zero-order valence-electron chi connectivity index (χ0n) is 8.78. The second-order valence-electron chi connectivity index (χ2n) is 4.08. The lowest BCUT2D eigenvalue weighted by molar-refractivity contribution is -0.134. The Balaban J connectivity index is 2.60. The largest absolute Gasteiger partial charge is 0.393 e. The molecule has 82 valence electrons. The number of ether oxygens (including phenoxy) is 1. The fourth-order valence-corrected chi connectivity index (χ4v) is 1.89. The molecule has 3 nitrogen and oxygen atoms in total. The van der Waals surface area contributed by atoms with Crippen LogP contribution in [0.1, 0.15) is 32.6 Å². The summed E-state index contributed by atoms with van der Waals surface area (Å²) in [4.78, 5) is 0. The molecule has 1 aliphatic heterocycles. The van der Waals surface area contributed by atoms with Crippen LogP contribution in [0.15, 0.2) is 12.7 Å². The maximum absolute atomic E-state index is 10.0. The third-order valence-electron chi connectivity index (χ3n) is 2.99. The molecule has 0 bridgehead atoms. The molecular formula is C11H20O3. The molecule has 0 spiro atoms. The van der Waals surface area contributed by atoms with Crippen molar-refractivity contribution in [1.82, 2.24) is 0 Å².